The van der Waals surface area contributed by atoms with Crippen LogP contribution in [0, 0.1) is 5.92 Å². The maximum atomic E-state index is 6.01. The van der Waals surface area contributed by atoms with Crippen molar-refractivity contribution in [3.05, 3.63) is 33.3 Å². The Morgan fingerprint density at radius 1 is 1.47 bits per heavy atom. The molecule has 1 heterocycles. The summed E-state index contributed by atoms with van der Waals surface area (Å²) in [6.45, 7) is 5.16. The van der Waals surface area contributed by atoms with Crippen molar-refractivity contribution < 1.29 is 0 Å². The zero-order valence-corrected chi connectivity index (χ0v) is 12.9. The van der Waals surface area contributed by atoms with E-state index in [4.69, 9.17) is 17.3 Å². The molecule has 0 bridgehead atoms. The van der Waals surface area contributed by atoms with E-state index < -0.39 is 0 Å². The second-order valence-electron chi connectivity index (χ2n) is 4.57. The van der Waals surface area contributed by atoms with E-state index in [1.165, 1.54) is 5.56 Å². The summed E-state index contributed by atoms with van der Waals surface area (Å²) in [5.41, 5.74) is 7.24. The topological polar surface area (TPSA) is 29.3 Å². The van der Waals surface area contributed by atoms with Crippen LogP contribution in [0.3, 0.4) is 0 Å². The molecule has 2 nitrogen and oxygen atoms in total. The van der Waals surface area contributed by atoms with Crippen molar-refractivity contribution in [2.75, 3.05) is 13.1 Å². The number of benzene rings is 1. The third-order valence-electron chi connectivity index (χ3n) is 3.15. The van der Waals surface area contributed by atoms with Gasteiger partial charge in [0.15, 0.2) is 0 Å². The monoisotopic (exact) mass is 338 g/mol. The molecule has 0 radical (unpaired) electrons. The number of nitrogens with zero attached hydrogens (tertiary/aromatic N) is 1. The van der Waals surface area contributed by atoms with Crippen LogP contribution in [0.2, 0.25) is 5.02 Å². The van der Waals surface area contributed by atoms with Gasteiger partial charge in [0.25, 0.3) is 0 Å². The third kappa shape index (κ3) is 3.83. The van der Waals surface area contributed by atoms with Gasteiger partial charge in [-0.05, 0) is 29.7 Å². The molecule has 1 saturated heterocycles. The molecule has 1 aromatic carbocycles. The van der Waals surface area contributed by atoms with Crippen LogP contribution in [0.1, 0.15) is 12.5 Å². The van der Waals surface area contributed by atoms with Crippen molar-refractivity contribution in [2.24, 2.45) is 11.7 Å². The lowest BCUT2D eigenvalue weighted by atomic mass is 10.1. The first-order chi connectivity index (χ1) is 7.56. The number of hydrogen-bond donors (Lipinski definition) is 1. The van der Waals surface area contributed by atoms with E-state index >= 15 is 0 Å². The Labute approximate surface area is 122 Å². The van der Waals surface area contributed by atoms with Crippen molar-refractivity contribution >= 4 is 39.9 Å². The minimum absolute atomic E-state index is 0. The van der Waals surface area contributed by atoms with E-state index in [-0.39, 0.29) is 12.4 Å². The SMILES string of the molecule is CC1CN(Cc2cc(Cl)ccc2Br)CC1N.Cl. The number of rotatable bonds is 2. The summed E-state index contributed by atoms with van der Waals surface area (Å²) < 4.78 is 1.12. The summed E-state index contributed by atoms with van der Waals surface area (Å²) in [7, 11) is 0. The molecule has 0 amide bonds. The lowest BCUT2D eigenvalue weighted by Crippen LogP contribution is -2.28. The first kappa shape index (κ1) is 15.3. The summed E-state index contributed by atoms with van der Waals surface area (Å²) in [6, 6.07) is 6.21. The van der Waals surface area contributed by atoms with E-state index in [0.717, 1.165) is 29.1 Å². The van der Waals surface area contributed by atoms with Crippen LogP contribution in [-0.2, 0) is 6.54 Å². The minimum atomic E-state index is 0. The standard InChI is InChI=1S/C12H16BrClN2.ClH/c1-8-5-16(7-12(8)15)6-9-4-10(14)2-3-11(9)13;/h2-4,8,12H,5-7,15H2,1H3;1H. The smallest absolute Gasteiger partial charge is 0.0410 e. The molecule has 2 unspecified atom stereocenters. The quantitative estimate of drug-likeness (QED) is 0.895. The van der Waals surface area contributed by atoms with Gasteiger partial charge in [-0.3, -0.25) is 4.90 Å². The van der Waals surface area contributed by atoms with Gasteiger partial charge in [-0.1, -0.05) is 34.5 Å². The fourth-order valence-corrected chi connectivity index (χ4v) is 2.70. The molecular weight excluding hydrogens is 323 g/mol. The molecular formula is C12H17BrCl2N2. The summed E-state index contributed by atoms with van der Waals surface area (Å²) in [6.07, 6.45) is 0. The molecule has 2 atom stereocenters. The predicted octanol–water partition coefficient (Wildman–Crippen LogP) is 3.30. The predicted molar refractivity (Wildman–Crippen MR) is 78.8 cm³/mol. The molecule has 1 fully saturated rings. The van der Waals surface area contributed by atoms with Crippen LogP contribution in [-0.4, -0.2) is 24.0 Å². The van der Waals surface area contributed by atoms with Crippen molar-refractivity contribution in [1.29, 1.82) is 0 Å². The Hall–Kier alpha value is 0.200. The Morgan fingerprint density at radius 2 is 2.18 bits per heavy atom. The highest BCUT2D eigenvalue weighted by Gasteiger charge is 2.26. The summed E-state index contributed by atoms with van der Waals surface area (Å²) in [4.78, 5) is 2.38. The molecule has 17 heavy (non-hydrogen) atoms. The number of halogens is 3. The molecule has 0 aromatic heterocycles. The van der Waals surface area contributed by atoms with Gasteiger partial charge in [0.05, 0.1) is 0 Å². The molecule has 1 aliphatic rings. The van der Waals surface area contributed by atoms with E-state index in [1.54, 1.807) is 0 Å². The van der Waals surface area contributed by atoms with Crippen LogP contribution in [0.5, 0.6) is 0 Å². The van der Waals surface area contributed by atoms with E-state index in [9.17, 15) is 0 Å². The first-order valence-corrected chi connectivity index (χ1v) is 6.65. The lowest BCUT2D eigenvalue weighted by molar-refractivity contribution is 0.318. The molecule has 1 aromatic rings. The maximum Gasteiger partial charge on any atom is 0.0410 e. The van der Waals surface area contributed by atoms with Gasteiger partial charge >= 0.3 is 0 Å². The Balaban J connectivity index is 0.00000144. The van der Waals surface area contributed by atoms with Crippen molar-refractivity contribution in [2.45, 2.75) is 19.5 Å². The lowest BCUT2D eigenvalue weighted by Gasteiger charge is -2.16. The minimum Gasteiger partial charge on any atom is -0.326 e. The average molecular weight is 340 g/mol. The Bertz CT molecular complexity index is 377. The molecule has 0 spiro atoms. The molecule has 2 rings (SSSR count). The van der Waals surface area contributed by atoms with Gasteiger partial charge in [-0.2, -0.15) is 0 Å². The molecule has 0 aliphatic carbocycles. The second-order valence-corrected chi connectivity index (χ2v) is 5.86. The van der Waals surface area contributed by atoms with Gasteiger partial charge in [0.2, 0.25) is 0 Å². The first-order valence-electron chi connectivity index (χ1n) is 5.48. The molecule has 1 aliphatic heterocycles. The van der Waals surface area contributed by atoms with Crippen LogP contribution in [0.25, 0.3) is 0 Å². The summed E-state index contributed by atoms with van der Waals surface area (Å²) in [5, 5.41) is 0.787. The Kier molecular flexibility index (Phi) is 5.74. The van der Waals surface area contributed by atoms with Crippen molar-refractivity contribution in [3.8, 4) is 0 Å². The van der Waals surface area contributed by atoms with Crippen LogP contribution in [0.4, 0.5) is 0 Å². The fraction of sp³-hybridized carbons (Fsp3) is 0.500. The highest BCUT2D eigenvalue weighted by atomic mass is 79.9. The van der Waals surface area contributed by atoms with E-state index in [2.05, 4.69) is 27.8 Å². The van der Waals surface area contributed by atoms with Gasteiger partial charge in [0.1, 0.15) is 0 Å². The molecule has 5 heteroatoms. The van der Waals surface area contributed by atoms with Crippen molar-refractivity contribution in [3.63, 3.8) is 0 Å². The number of hydrogen-bond acceptors (Lipinski definition) is 2. The maximum absolute atomic E-state index is 6.01. The largest absolute Gasteiger partial charge is 0.326 e. The number of likely N-dealkylation sites (tertiary alicyclic amines) is 1. The van der Waals surface area contributed by atoms with Gasteiger partial charge in [-0.15, -0.1) is 12.4 Å². The highest BCUT2D eigenvalue weighted by Crippen LogP contribution is 2.24. The third-order valence-corrected chi connectivity index (χ3v) is 4.16. The number of nitrogens with two attached hydrogens (primary N) is 1. The van der Waals surface area contributed by atoms with Crippen LogP contribution < -0.4 is 5.73 Å². The zero-order valence-electron chi connectivity index (χ0n) is 9.70. The van der Waals surface area contributed by atoms with Crippen LogP contribution >= 0.6 is 39.9 Å². The second kappa shape index (κ2) is 6.39. The van der Waals surface area contributed by atoms with E-state index in [0.29, 0.717) is 12.0 Å². The highest BCUT2D eigenvalue weighted by molar-refractivity contribution is 9.10. The Morgan fingerprint density at radius 3 is 2.76 bits per heavy atom. The van der Waals surface area contributed by atoms with Gasteiger partial charge in [0, 0.05) is 35.2 Å². The van der Waals surface area contributed by atoms with Crippen LogP contribution in [0.15, 0.2) is 22.7 Å². The van der Waals surface area contributed by atoms with Crippen molar-refractivity contribution in [1.82, 2.24) is 4.90 Å². The molecule has 96 valence electrons. The molecule has 0 saturated carbocycles. The van der Waals surface area contributed by atoms with Gasteiger partial charge in [-0.25, -0.2) is 0 Å². The van der Waals surface area contributed by atoms with E-state index in [1.807, 2.05) is 18.2 Å². The summed E-state index contributed by atoms with van der Waals surface area (Å²) in [5.74, 6) is 0.581. The fourth-order valence-electron chi connectivity index (χ4n) is 2.13. The zero-order chi connectivity index (χ0) is 11.7. The normalized spacial score (nSPS) is 24.7. The summed E-state index contributed by atoms with van der Waals surface area (Å²) >= 11 is 9.55. The average Bonchev–Trinajstić information content (AvgIpc) is 2.52. The van der Waals surface area contributed by atoms with Gasteiger partial charge < -0.3 is 5.73 Å². The molecule has 2 N–H and O–H groups in total.